The zero-order chi connectivity index (χ0) is 13.8. The molecule has 1 aromatic rings. The number of likely N-dealkylation sites (tertiary alicyclic amines) is 1. The maximum atomic E-state index is 12.4. The average Bonchev–Trinajstić information content (AvgIpc) is 2.46. The molecular formula is C15H21ClN2O. The number of hydrogen-bond acceptors (Lipinski definition) is 2. The van der Waals surface area contributed by atoms with Gasteiger partial charge in [-0.05, 0) is 37.6 Å². The van der Waals surface area contributed by atoms with Crippen molar-refractivity contribution in [3.05, 3.63) is 34.9 Å². The molecule has 1 aliphatic heterocycles. The fourth-order valence-electron chi connectivity index (χ4n) is 2.61. The van der Waals surface area contributed by atoms with Crippen molar-refractivity contribution in [3.63, 3.8) is 0 Å². The number of rotatable bonds is 3. The Balaban J connectivity index is 2.00. The van der Waals surface area contributed by atoms with Gasteiger partial charge in [-0.3, -0.25) is 4.79 Å². The smallest absolute Gasteiger partial charge is 0.253 e. The molecule has 0 atom stereocenters. The van der Waals surface area contributed by atoms with Gasteiger partial charge in [0, 0.05) is 36.8 Å². The second-order valence-electron chi connectivity index (χ2n) is 5.09. The molecule has 2 rings (SSSR count). The van der Waals surface area contributed by atoms with E-state index in [9.17, 15) is 4.79 Å². The van der Waals surface area contributed by atoms with Gasteiger partial charge in [-0.15, -0.1) is 0 Å². The molecule has 0 saturated carbocycles. The number of carbonyl (C=O) groups is 1. The molecule has 0 N–H and O–H groups in total. The molecule has 0 radical (unpaired) electrons. The summed E-state index contributed by atoms with van der Waals surface area (Å²) in [6.45, 7) is 5.43. The Kier molecular flexibility index (Phi) is 4.83. The number of piperidine rings is 1. The highest BCUT2D eigenvalue weighted by Gasteiger charge is 2.25. The van der Waals surface area contributed by atoms with E-state index in [-0.39, 0.29) is 5.91 Å². The lowest BCUT2D eigenvalue weighted by molar-refractivity contribution is 0.0647. The van der Waals surface area contributed by atoms with Crippen molar-refractivity contribution in [1.82, 2.24) is 9.80 Å². The Labute approximate surface area is 120 Å². The summed E-state index contributed by atoms with van der Waals surface area (Å²) in [5.74, 6) is 0.0671. The SMILES string of the molecule is CCN1CCC(N(C)C(=O)c2cccc(Cl)c2)CC1. The Morgan fingerprint density at radius 3 is 2.68 bits per heavy atom. The normalized spacial score (nSPS) is 17.4. The number of carbonyl (C=O) groups excluding carboxylic acids is 1. The molecule has 0 aromatic heterocycles. The molecule has 4 heteroatoms. The van der Waals surface area contributed by atoms with Gasteiger partial charge in [0.25, 0.3) is 5.91 Å². The van der Waals surface area contributed by atoms with Crippen molar-refractivity contribution in [1.29, 1.82) is 0 Å². The number of benzene rings is 1. The van der Waals surface area contributed by atoms with Crippen LogP contribution in [-0.4, -0.2) is 48.4 Å². The van der Waals surface area contributed by atoms with Crippen LogP contribution in [0.15, 0.2) is 24.3 Å². The zero-order valence-corrected chi connectivity index (χ0v) is 12.4. The summed E-state index contributed by atoms with van der Waals surface area (Å²) in [6.07, 6.45) is 2.10. The summed E-state index contributed by atoms with van der Waals surface area (Å²) in [5.41, 5.74) is 0.674. The molecule has 104 valence electrons. The first-order chi connectivity index (χ1) is 9.11. The third-order valence-corrected chi connectivity index (χ3v) is 4.18. The van der Waals surface area contributed by atoms with Crippen LogP contribution in [0.1, 0.15) is 30.1 Å². The van der Waals surface area contributed by atoms with Gasteiger partial charge in [0.1, 0.15) is 0 Å². The molecule has 1 amide bonds. The van der Waals surface area contributed by atoms with E-state index < -0.39 is 0 Å². The monoisotopic (exact) mass is 280 g/mol. The van der Waals surface area contributed by atoms with Crippen LogP contribution in [0.4, 0.5) is 0 Å². The second-order valence-corrected chi connectivity index (χ2v) is 5.53. The number of amides is 1. The topological polar surface area (TPSA) is 23.6 Å². The zero-order valence-electron chi connectivity index (χ0n) is 11.6. The first-order valence-corrected chi connectivity index (χ1v) is 7.24. The van der Waals surface area contributed by atoms with Crippen molar-refractivity contribution in [2.24, 2.45) is 0 Å². The van der Waals surface area contributed by atoms with Crippen molar-refractivity contribution >= 4 is 17.5 Å². The predicted octanol–water partition coefficient (Wildman–Crippen LogP) is 2.90. The summed E-state index contributed by atoms with van der Waals surface area (Å²) < 4.78 is 0. The first kappa shape index (κ1) is 14.4. The van der Waals surface area contributed by atoms with Crippen LogP contribution in [0.2, 0.25) is 5.02 Å². The van der Waals surface area contributed by atoms with Crippen LogP contribution in [0.3, 0.4) is 0 Å². The minimum atomic E-state index is 0.0671. The maximum Gasteiger partial charge on any atom is 0.253 e. The Hall–Kier alpha value is -1.06. The first-order valence-electron chi connectivity index (χ1n) is 6.87. The summed E-state index contributed by atoms with van der Waals surface area (Å²) in [6, 6.07) is 7.52. The average molecular weight is 281 g/mol. The molecule has 19 heavy (non-hydrogen) atoms. The standard InChI is InChI=1S/C15H21ClN2O/c1-3-18-9-7-14(8-10-18)17(2)15(19)12-5-4-6-13(16)11-12/h4-6,11,14H,3,7-10H2,1-2H3. The van der Waals surface area contributed by atoms with Gasteiger partial charge in [0.2, 0.25) is 0 Å². The highest BCUT2D eigenvalue weighted by molar-refractivity contribution is 6.30. The van der Waals surface area contributed by atoms with Crippen molar-refractivity contribution < 1.29 is 4.79 Å². The maximum absolute atomic E-state index is 12.4. The molecule has 1 aromatic carbocycles. The fraction of sp³-hybridized carbons (Fsp3) is 0.533. The van der Waals surface area contributed by atoms with Gasteiger partial charge in [-0.25, -0.2) is 0 Å². The molecule has 0 spiro atoms. The van der Waals surface area contributed by atoms with E-state index in [1.54, 1.807) is 12.1 Å². The van der Waals surface area contributed by atoms with E-state index in [0.29, 0.717) is 16.6 Å². The van der Waals surface area contributed by atoms with Crippen LogP contribution >= 0.6 is 11.6 Å². The highest BCUT2D eigenvalue weighted by atomic mass is 35.5. The van der Waals surface area contributed by atoms with Crippen LogP contribution in [0, 0.1) is 0 Å². The Morgan fingerprint density at radius 2 is 2.11 bits per heavy atom. The highest BCUT2D eigenvalue weighted by Crippen LogP contribution is 2.18. The lowest BCUT2D eigenvalue weighted by Crippen LogP contribution is -2.45. The van der Waals surface area contributed by atoms with Crippen molar-refractivity contribution in [3.8, 4) is 0 Å². The van der Waals surface area contributed by atoms with Gasteiger partial charge >= 0.3 is 0 Å². The molecule has 1 fully saturated rings. The van der Waals surface area contributed by atoms with Gasteiger partial charge in [-0.2, -0.15) is 0 Å². The van der Waals surface area contributed by atoms with Crippen LogP contribution in [0.25, 0.3) is 0 Å². The van der Waals surface area contributed by atoms with E-state index in [0.717, 1.165) is 32.5 Å². The predicted molar refractivity (Wildman–Crippen MR) is 78.7 cm³/mol. The van der Waals surface area contributed by atoms with Crippen LogP contribution < -0.4 is 0 Å². The van der Waals surface area contributed by atoms with Gasteiger partial charge in [0.15, 0.2) is 0 Å². The Bertz CT molecular complexity index is 442. The number of nitrogens with zero attached hydrogens (tertiary/aromatic N) is 2. The summed E-state index contributed by atoms with van der Waals surface area (Å²) in [7, 11) is 1.90. The van der Waals surface area contributed by atoms with E-state index >= 15 is 0 Å². The molecule has 0 bridgehead atoms. The molecule has 1 saturated heterocycles. The molecule has 0 unspecified atom stereocenters. The van der Waals surface area contributed by atoms with E-state index in [1.807, 2.05) is 24.1 Å². The summed E-state index contributed by atoms with van der Waals surface area (Å²) in [4.78, 5) is 16.7. The lowest BCUT2D eigenvalue weighted by atomic mass is 10.0. The van der Waals surface area contributed by atoms with Gasteiger partial charge < -0.3 is 9.80 Å². The van der Waals surface area contributed by atoms with Gasteiger partial charge in [0.05, 0.1) is 0 Å². The fourth-order valence-corrected chi connectivity index (χ4v) is 2.80. The number of hydrogen-bond donors (Lipinski definition) is 0. The lowest BCUT2D eigenvalue weighted by Gasteiger charge is -2.36. The molecule has 0 aliphatic carbocycles. The van der Waals surface area contributed by atoms with Crippen LogP contribution in [-0.2, 0) is 0 Å². The summed E-state index contributed by atoms with van der Waals surface area (Å²) in [5, 5.41) is 0.611. The third kappa shape index (κ3) is 3.48. The van der Waals surface area contributed by atoms with E-state index in [4.69, 9.17) is 11.6 Å². The van der Waals surface area contributed by atoms with Gasteiger partial charge in [-0.1, -0.05) is 24.6 Å². The Morgan fingerprint density at radius 1 is 1.42 bits per heavy atom. The minimum absolute atomic E-state index is 0.0671. The third-order valence-electron chi connectivity index (χ3n) is 3.94. The molecule has 1 aliphatic rings. The van der Waals surface area contributed by atoms with E-state index in [2.05, 4.69) is 11.8 Å². The largest absolute Gasteiger partial charge is 0.339 e. The minimum Gasteiger partial charge on any atom is -0.339 e. The van der Waals surface area contributed by atoms with Crippen molar-refractivity contribution in [2.75, 3.05) is 26.7 Å². The summed E-state index contributed by atoms with van der Waals surface area (Å²) >= 11 is 5.94. The van der Waals surface area contributed by atoms with Crippen molar-refractivity contribution in [2.45, 2.75) is 25.8 Å². The molecular weight excluding hydrogens is 260 g/mol. The number of halogens is 1. The molecule has 3 nitrogen and oxygen atoms in total. The second kappa shape index (κ2) is 6.40. The van der Waals surface area contributed by atoms with Crippen LogP contribution in [0.5, 0.6) is 0 Å². The quantitative estimate of drug-likeness (QED) is 0.850. The van der Waals surface area contributed by atoms with E-state index in [1.165, 1.54) is 0 Å². The molecule has 1 heterocycles.